The topological polar surface area (TPSA) is 29.3 Å². The van der Waals surface area contributed by atoms with E-state index in [1.807, 2.05) is 0 Å². The van der Waals surface area contributed by atoms with Crippen LogP contribution >= 0.6 is 0 Å². The third kappa shape index (κ3) is 3.80. The largest absolute Gasteiger partial charge is 0.329 e. The molecule has 1 aliphatic carbocycles. The fraction of sp³-hybridized carbons (Fsp3) is 0.647. The molecule has 1 fully saturated rings. The van der Waals surface area contributed by atoms with Crippen LogP contribution in [-0.4, -0.2) is 24.0 Å². The molecule has 0 radical (unpaired) electrons. The minimum Gasteiger partial charge on any atom is -0.329 e. The maximum atomic E-state index is 5.84. The summed E-state index contributed by atoms with van der Waals surface area (Å²) < 4.78 is 0. The van der Waals surface area contributed by atoms with Gasteiger partial charge >= 0.3 is 0 Å². The molecule has 0 bridgehead atoms. The highest BCUT2D eigenvalue weighted by Gasteiger charge is 2.32. The lowest BCUT2D eigenvalue weighted by molar-refractivity contribution is 0.0654. The molecule has 0 aromatic heterocycles. The second-order valence-electron chi connectivity index (χ2n) is 6.12. The van der Waals surface area contributed by atoms with Crippen LogP contribution in [0.5, 0.6) is 0 Å². The first-order valence-corrected chi connectivity index (χ1v) is 7.70. The Morgan fingerprint density at radius 2 is 1.74 bits per heavy atom. The average molecular weight is 260 g/mol. The summed E-state index contributed by atoms with van der Waals surface area (Å²) in [5.74, 6) is 1.58. The molecular formula is C17H28N2. The van der Waals surface area contributed by atoms with Crippen molar-refractivity contribution in [3.63, 3.8) is 0 Å². The zero-order valence-corrected chi connectivity index (χ0v) is 12.4. The van der Waals surface area contributed by atoms with E-state index in [2.05, 4.69) is 49.1 Å². The molecule has 1 aromatic rings. The van der Waals surface area contributed by atoms with Crippen molar-refractivity contribution in [2.24, 2.45) is 17.6 Å². The van der Waals surface area contributed by atoms with Gasteiger partial charge in [0, 0.05) is 25.7 Å². The number of nitrogens with zero attached hydrogens (tertiary/aromatic N) is 1. The molecule has 2 rings (SSSR count). The van der Waals surface area contributed by atoms with Gasteiger partial charge in [0.1, 0.15) is 0 Å². The van der Waals surface area contributed by atoms with Crippen LogP contribution in [0.2, 0.25) is 0 Å². The van der Waals surface area contributed by atoms with Crippen LogP contribution < -0.4 is 5.73 Å². The van der Waals surface area contributed by atoms with E-state index in [0.717, 1.165) is 31.5 Å². The number of hydrogen-bond donors (Lipinski definition) is 1. The van der Waals surface area contributed by atoms with E-state index in [1.165, 1.54) is 24.8 Å². The Labute approximate surface area is 118 Å². The van der Waals surface area contributed by atoms with Crippen molar-refractivity contribution in [2.75, 3.05) is 13.1 Å². The van der Waals surface area contributed by atoms with Crippen LogP contribution in [0.25, 0.3) is 0 Å². The minimum absolute atomic E-state index is 0.692. The normalized spacial score (nSPS) is 27.7. The van der Waals surface area contributed by atoms with E-state index < -0.39 is 0 Å². The first-order chi connectivity index (χ1) is 9.22. The average Bonchev–Trinajstić information content (AvgIpc) is 2.40. The van der Waals surface area contributed by atoms with Crippen molar-refractivity contribution in [2.45, 2.75) is 45.7 Å². The highest BCUT2D eigenvalue weighted by atomic mass is 15.2. The molecule has 2 nitrogen and oxygen atoms in total. The van der Waals surface area contributed by atoms with Gasteiger partial charge in [0.15, 0.2) is 0 Å². The summed E-state index contributed by atoms with van der Waals surface area (Å²) in [7, 11) is 0. The molecule has 0 spiro atoms. The van der Waals surface area contributed by atoms with Gasteiger partial charge in [-0.3, -0.25) is 4.90 Å². The van der Waals surface area contributed by atoms with E-state index in [0.29, 0.717) is 6.04 Å². The smallest absolute Gasteiger partial charge is 0.0237 e. The summed E-state index contributed by atoms with van der Waals surface area (Å²) in [5, 5.41) is 0. The second-order valence-corrected chi connectivity index (χ2v) is 6.12. The van der Waals surface area contributed by atoms with Crippen LogP contribution in [0.4, 0.5) is 0 Å². The summed E-state index contributed by atoms with van der Waals surface area (Å²) in [6, 6.07) is 11.5. The Morgan fingerprint density at radius 1 is 1.11 bits per heavy atom. The monoisotopic (exact) mass is 260 g/mol. The molecule has 2 atom stereocenters. The van der Waals surface area contributed by atoms with Crippen LogP contribution in [0.15, 0.2) is 30.3 Å². The van der Waals surface area contributed by atoms with Gasteiger partial charge in [-0.2, -0.15) is 0 Å². The molecule has 2 N–H and O–H groups in total. The molecule has 2 heteroatoms. The first-order valence-electron chi connectivity index (χ1n) is 7.70. The lowest BCUT2D eigenvalue weighted by Gasteiger charge is -2.42. The van der Waals surface area contributed by atoms with Crippen molar-refractivity contribution in [1.29, 1.82) is 0 Å². The van der Waals surface area contributed by atoms with Gasteiger partial charge in [0.05, 0.1) is 0 Å². The van der Waals surface area contributed by atoms with Crippen LogP contribution in [0.1, 0.15) is 38.7 Å². The minimum atomic E-state index is 0.692. The Balaban J connectivity index is 2.09. The van der Waals surface area contributed by atoms with Gasteiger partial charge in [0.25, 0.3) is 0 Å². The van der Waals surface area contributed by atoms with E-state index in [-0.39, 0.29) is 0 Å². The maximum absolute atomic E-state index is 5.84. The summed E-state index contributed by atoms with van der Waals surface area (Å²) in [5.41, 5.74) is 7.24. The van der Waals surface area contributed by atoms with Crippen LogP contribution in [-0.2, 0) is 6.54 Å². The first kappa shape index (κ1) is 14.5. The third-order valence-corrected chi connectivity index (χ3v) is 4.55. The number of rotatable bonds is 5. The predicted octanol–water partition coefficient (Wildman–Crippen LogP) is 3.27. The standard InChI is InChI=1S/C17H28N2/c1-14-7-6-8-15(2)17(14)19(12-11-18)13-16-9-4-3-5-10-16/h3-5,9-10,14-15,17H,6-8,11-13,18H2,1-2H3. The Bertz CT molecular complexity index is 353. The summed E-state index contributed by atoms with van der Waals surface area (Å²) in [6.45, 7) is 7.62. The van der Waals surface area contributed by atoms with E-state index >= 15 is 0 Å². The fourth-order valence-electron chi connectivity index (χ4n) is 3.70. The number of benzene rings is 1. The molecule has 0 amide bonds. The van der Waals surface area contributed by atoms with E-state index in [1.54, 1.807) is 0 Å². The summed E-state index contributed by atoms with van der Waals surface area (Å²) in [4.78, 5) is 2.61. The van der Waals surface area contributed by atoms with Gasteiger partial charge in [-0.25, -0.2) is 0 Å². The van der Waals surface area contributed by atoms with Crippen molar-refractivity contribution in [3.05, 3.63) is 35.9 Å². The summed E-state index contributed by atoms with van der Waals surface area (Å²) in [6.07, 6.45) is 4.12. The molecule has 1 aliphatic rings. The second kappa shape index (κ2) is 7.06. The molecule has 1 saturated carbocycles. The third-order valence-electron chi connectivity index (χ3n) is 4.55. The Hall–Kier alpha value is -0.860. The molecule has 0 heterocycles. The zero-order valence-electron chi connectivity index (χ0n) is 12.4. The van der Waals surface area contributed by atoms with Crippen molar-refractivity contribution in [3.8, 4) is 0 Å². The maximum Gasteiger partial charge on any atom is 0.0237 e. The van der Waals surface area contributed by atoms with Gasteiger partial charge < -0.3 is 5.73 Å². The van der Waals surface area contributed by atoms with E-state index in [9.17, 15) is 0 Å². The van der Waals surface area contributed by atoms with Gasteiger partial charge in [-0.15, -0.1) is 0 Å². The molecule has 106 valence electrons. The van der Waals surface area contributed by atoms with Crippen molar-refractivity contribution in [1.82, 2.24) is 4.90 Å². The number of nitrogens with two attached hydrogens (primary N) is 1. The SMILES string of the molecule is CC1CCCC(C)C1N(CCN)Cc1ccccc1. The zero-order chi connectivity index (χ0) is 13.7. The molecular weight excluding hydrogens is 232 g/mol. The van der Waals surface area contributed by atoms with Crippen LogP contribution in [0.3, 0.4) is 0 Å². The molecule has 0 aliphatic heterocycles. The van der Waals surface area contributed by atoms with Crippen molar-refractivity contribution < 1.29 is 0 Å². The molecule has 2 unspecified atom stereocenters. The van der Waals surface area contributed by atoms with Gasteiger partial charge in [0.2, 0.25) is 0 Å². The van der Waals surface area contributed by atoms with Crippen LogP contribution in [0, 0.1) is 11.8 Å². The highest BCUT2D eigenvalue weighted by molar-refractivity contribution is 5.14. The van der Waals surface area contributed by atoms with Gasteiger partial charge in [-0.05, 0) is 30.2 Å². The molecule has 0 saturated heterocycles. The predicted molar refractivity (Wildman–Crippen MR) is 81.9 cm³/mol. The van der Waals surface area contributed by atoms with Crippen molar-refractivity contribution >= 4 is 0 Å². The fourth-order valence-corrected chi connectivity index (χ4v) is 3.70. The lowest BCUT2D eigenvalue weighted by Crippen LogP contribution is -2.47. The van der Waals surface area contributed by atoms with Gasteiger partial charge in [-0.1, -0.05) is 50.6 Å². The Kier molecular flexibility index (Phi) is 5.41. The molecule has 19 heavy (non-hydrogen) atoms. The lowest BCUT2D eigenvalue weighted by atomic mass is 9.77. The Morgan fingerprint density at radius 3 is 2.32 bits per heavy atom. The quantitative estimate of drug-likeness (QED) is 0.880. The molecule has 1 aromatic carbocycles. The van der Waals surface area contributed by atoms with E-state index in [4.69, 9.17) is 5.73 Å². The number of hydrogen-bond acceptors (Lipinski definition) is 2. The highest BCUT2D eigenvalue weighted by Crippen LogP contribution is 2.33. The summed E-state index contributed by atoms with van der Waals surface area (Å²) >= 11 is 0.